The molecule has 1 atom stereocenters. The Bertz CT molecular complexity index is 1030. The molecule has 6 nitrogen and oxygen atoms in total. The fraction of sp³-hybridized carbons (Fsp3) is 0.360. The Balaban J connectivity index is 1.93. The molecule has 1 heterocycles. The van der Waals surface area contributed by atoms with E-state index in [1.165, 1.54) is 11.8 Å². The van der Waals surface area contributed by atoms with E-state index < -0.39 is 0 Å². The van der Waals surface area contributed by atoms with Gasteiger partial charge in [0.25, 0.3) is 5.91 Å². The van der Waals surface area contributed by atoms with E-state index >= 15 is 0 Å². The summed E-state index contributed by atoms with van der Waals surface area (Å²) in [4.78, 5) is 20.3. The number of amidine groups is 1. The lowest BCUT2D eigenvalue weighted by Gasteiger charge is -2.17. The second-order valence-electron chi connectivity index (χ2n) is 7.51. The summed E-state index contributed by atoms with van der Waals surface area (Å²) in [7, 11) is 3.27. The predicted octanol–water partition coefficient (Wildman–Crippen LogP) is 6.28. The molecule has 1 aliphatic heterocycles. The van der Waals surface area contributed by atoms with Gasteiger partial charge in [-0.3, -0.25) is 9.69 Å². The molecular formula is C25H29BrN2O4S. The van der Waals surface area contributed by atoms with Crippen LogP contribution in [0.2, 0.25) is 0 Å². The lowest BCUT2D eigenvalue weighted by atomic mass is 10.1. The first kappa shape index (κ1) is 25.3. The number of carbonyl (C=O) groups excluding carboxylic acids is 1. The van der Waals surface area contributed by atoms with Gasteiger partial charge in [-0.15, -0.1) is 0 Å². The number of benzene rings is 2. The van der Waals surface area contributed by atoms with Crippen molar-refractivity contribution >= 4 is 50.5 Å². The van der Waals surface area contributed by atoms with Gasteiger partial charge >= 0.3 is 0 Å². The summed E-state index contributed by atoms with van der Waals surface area (Å²) in [5.74, 6) is 1.20. The molecule has 0 unspecified atom stereocenters. The smallest absolute Gasteiger partial charge is 0.266 e. The molecule has 1 fully saturated rings. The number of amides is 1. The average molecular weight is 533 g/mol. The highest BCUT2D eigenvalue weighted by molar-refractivity contribution is 9.10. The molecule has 2 aromatic carbocycles. The number of hydrogen-bond acceptors (Lipinski definition) is 6. The highest BCUT2D eigenvalue weighted by Gasteiger charge is 2.33. The minimum atomic E-state index is -0.0687. The largest absolute Gasteiger partial charge is 0.493 e. The third-order valence-electron chi connectivity index (χ3n) is 5.04. The summed E-state index contributed by atoms with van der Waals surface area (Å²) in [6, 6.07) is 13.5. The molecule has 0 saturated carbocycles. The van der Waals surface area contributed by atoms with Crippen LogP contribution in [-0.2, 0) is 9.53 Å². The summed E-state index contributed by atoms with van der Waals surface area (Å²) in [5.41, 5.74) is 1.64. The topological polar surface area (TPSA) is 60.4 Å². The number of carbonyl (C=O) groups is 1. The van der Waals surface area contributed by atoms with E-state index in [2.05, 4.69) is 22.9 Å². The number of para-hydroxylation sites is 1. The van der Waals surface area contributed by atoms with E-state index in [0.717, 1.165) is 28.6 Å². The molecule has 176 valence electrons. The average Bonchev–Trinajstić information content (AvgIpc) is 3.10. The van der Waals surface area contributed by atoms with Crippen LogP contribution in [0.5, 0.6) is 11.5 Å². The van der Waals surface area contributed by atoms with Crippen LogP contribution in [0.25, 0.3) is 6.08 Å². The zero-order chi connectivity index (χ0) is 23.8. The van der Waals surface area contributed by atoms with Crippen LogP contribution in [0.3, 0.4) is 0 Å². The first-order valence-corrected chi connectivity index (χ1v) is 12.5. The van der Waals surface area contributed by atoms with Crippen molar-refractivity contribution in [2.75, 3.05) is 27.4 Å². The van der Waals surface area contributed by atoms with Crippen molar-refractivity contribution in [2.24, 2.45) is 4.99 Å². The van der Waals surface area contributed by atoms with Gasteiger partial charge in [0, 0.05) is 20.3 Å². The Labute approximate surface area is 208 Å². The van der Waals surface area contributed by atoms with E-state index in [1.807, 2.05) is 55.5 Å². The van der Waals surface area contributed by atoms with E-state index in [9.17, 15) is 4.79 Å². The molecule has 0 N–H and O–H groups in total. The maximum atomic E-state index is 13.2. The van der Waals surface area contributed by atoms with Gasteiger partial charge in [-0.2, -0.15) is 0 Å². The third-order valence-corrected chi connectivity index (χ3v) is 6.64. The van der Waals surface area contributed by atoms with E-state index in [0.29, 0.717) is 34.7 Å². The van der Waals surface area contributed by atoms with Gasteiger partial charge in [-0.25, -0.2) is 4.99 Å². The third kappa shape index (κ3) is 6.62. The van der Waals surface area contributed by atoms with Gasteiger partial charge in [-0.1, -0.05) is 25.1 Å². The van der Waals surface area contributed by atoms with Gasteiger partial charge in [0.1, 0.15) is 0 Å². The zero-order valence-corrected chi connectivity index (χ0v) is 21.7. The van der Waals surface area contributed by atoms with Crippen molar-refractivity contribution in [1.82, 2.24) is 4.90 Å². The highest BCUT2D eigenvalue weighted by atomic mass is 79.9. The van der Waals surface area contributed by atoms with E-state index in [-0.39, 0.29) is 12.0 Å². The number of halogens is 1. The second-order valence-corrected chi connectivity index (χ2v) is 9.38. The Kier molecular flexibility index (Phi) is 9.41. The Morgan fingerprint density at radius 2 is 1.97 bits per heavy atom. The molecule has 2 aromatic rings. The summed E-state index contributed by atoms with van der Waals surface area (Å²) < 4.78 is 17.5. The first-order valence-electron chi connectivity index (χ1n) is 10.8. The molecule has 1 aliphatic rings. The number of aliphatic imine (C=N–C) groups is 1. The summed E-state index contributed by atoms with van der Waals surface area (Å²) in [6.45, 7) is 5.20. The van der Waals surface area contributed by atoms with Crippen LogP contribution < -0.4 is 9.47 Å². The quantitative estimate of drug-likeness (QED) is 0.266. The van der Waals surface area contributed by atoms with Crippen molar-refractivity contribution in [1.29, 1.82) is 0 Å². The van der Waals surface area contributed by atoms with Crippen LogP contribution >= 0.6 is 27.7 Å². The van der Waals surface area contributed by atoms with Crippen molar-refractivity contribution in [2.45, 2.75) is 32.8 Å². The van der Waals surface area contributed by atoms with Gasteiger partial charge in [0.2, 0.25) is 0 Å². The monoisotopic (exact) mass is 532 g/mol. The molecule has 33 heavy (non-hydrogen) atoms. The Hall–Kier alpha value is -2.29. The Morgan fingerprint density at radius 1 is 1.21 bits per heavy atom. The van der Waals surface area contributed by atoms with Crippen LogP contribution in [0, 0.1) is 0 Å². The number of methoxy groups -OCH3 is 2. The molecule has 1 amide bonds. The molecule has 0 radical (unpaired) electrons. The van der Waals surface area contributed by atoms with Crippen molar-refractivity contribution in [3.8, 4) is 11.5 Å². The lowest BCUT2D eigenvalue weighted by molar-refractivity contribution is -0.122. The summed E-state index contributed by atoms with van der Waals surface area (Å²) >= 11 is 4.97. The fourth-order valence-corrected chi connectivity index (χ4v) is 4.72. The summed E-state index contributed by atoms with van der Waals surface area (Å²) in [5, 5.41) is 0.663. The molecular weight excluding hydrogens is 504 g/mol. The maximum Gasteiger partial charge on any atom is 0.266 e. The predicted molar refractivity (Wildman–Crippen MR) is 138 cm³/mol. The normalized spacial score (nSPS) is 17.1. The fourth-order valence-electron chi connectivity index (χ4n) is 3.14. The number of nitrogens with zero attached hydrogens (tertiary/aromatic N) is 2. The minimum Gasteiger partial charge on any atom is -0.493 e. The van der Waals surface area contributed by atoms with Crippen molar-refractivity contribution in [3.05, 3.63) is 57.4 Å². The Morgan fingerprint density at radius 3 is 2.64 bits per heavy atom. The van der Waals surface area contributed by atoms with Gasteiger partial charge in [-0.05, 0) is 83.4 Å². The maximum absolute atomic E-state index is 13.2. The van der Waals surface area contributed by atoms with E-state index in [4.69, 9.17) is 19.2 Å². The van der Waals surface area contributed by atoms with E-state index in [1.54, 1.807) is 19.1 Å². The highest BCUT2D eigenvalue weighted by Crippen LogP contribution is 2.40. The molecule has 0 aromatic heterocycles. The SMILES string of the molecule is CC[C@@H](C)Oc1c(Br)cc(/C=C2\SC(=Nc3ccccc3)N(CCCOC)C2=O)cc1OC. The summed E-state index contributed by atoms with van der Waals surface area (Å²) in [6.07, 6.45) is 3.54. The number of hydrogen-bond donors (Lipinski definition) is 0. The molecule has 8 heteroatoms. The zero-order valence-electron chi connectivity index (χ0n) is 19.3. The van der Waals surface area contributed by atoms with Crippen molar-refractivity contribution < 1.29 is 19.0 Å². The number of rotatable bonds is 10. The van der Waals surface area contributed by atoms with Crippen LogP contribution in [0.15, 0.2) is 56.8 Å². The second kappa shape index (κ2) is 12.3. The molecule has 3 rings (SSSR count). The van der Waals surface area contributed by atoms with Crippen LogP contribution in [0.1, 0.15) is 32.3 Å². The molecule has 0 aliphatic carbocycles. The number of thioether (sulfide) groups is 1. The number of ether oxygens (including phenoxy) is 3. The first-order chi connectivity index (χ1) is 16.0. The van der Waals surface area contributed by atoms with Gasteiger partial charge in [0.15, 0.2) is 16.7 Å². The molecule has 0 bridgehead atoms. The minimum absolute atomic E-state index is 0.0591. The van der Waals surface area contributed by atoms with Crippen LogP contribution in [0.4, 0.5) is 5.69 Å². The lowest BCUT2D eigenvalue weighted by Crippen LogP contribution is -2.30. The van der Waals surface area contributed by atoms with Crippen LogP contribution in [-0.4, -0.2) is 49.4 Å². The molecule has 0 spiro atoms. The van der Waals surface area contributed by atoms with Gasteiger partial charge < -0.3 is 14.2 Å². The standard InChI is InChI=1S/C25H29BrN2O4S/c1-5-17(2)32-23-20(26)14-18(15-21(23)31-4)16-22-24(29)28(12-9-13-30-3)25(33-22)27-19-10-7-6-8-11-19/h6-8,10-11,14-17H,5,9,12-13H2,1-4H3/b22-16-,27-25?/t17-/m1/s1. The van der Waals surface area contributed by atoms with Crippen molar-refractivity contribution in [3.63, 3.8) is 0 Å². The van der Waals surface area contributed by atoms with Gasteiger partial charge in [0.05, 0.1) is 28.3 Å². The molecule has 1 saturated heterocycles.